The lowest BCUT2D eigenvalue weighted by atomic mass is 10.0. The van der Waals surface area contributed by atoms with Crippen molar-refractivity contribution in [2.75, 3.05) is 0 Å². The molecule has 1 aromatic carbocycles. The molecule has 0 bridgehead atoms. The average Bonchev–Trinajstić information content (AvgIpc) is 2.97. The Hall–Kier alpha value is -2.97. The smallest absolute Gasteiger partial charge is 0.416 e. The standard InChI is InChI=1S/C16H9F5N2O2/c17-14(18)13-6-9(5-12-11(15(24)25)7-22-23(12)13)8-1-3-10(4-2-8)16(19,20)21/h1-7,14H,(H,24,25). The van der Waals surface area contributed by atoms with Crippen LogP contribution in [-0.2, 0) is 6.18 Å². The van der Waals surface area contributed by atoms with Gasteiger partial charge in [-0.3, -0.25) is 0 Å². The number of pyridine rings is 1. The van der Waals surface area contributed by atoms with Crippen molar-refractivity contribution in [3.8, 4) is 11.1 Å². The molecule has 25 heavy (non-hydrogen) atoms. The fourth-order valence-corrected chi connectivity index (χ4v) is 2.45. The highest BCUT2D eigenvalue weighted by atomic mass is 19.4. The maximum Gasteiger partial charge on any atom is 0.416 e. The van der Waals surface area contributed by atoms with Gasteiger partial charge in [0.05, 0.1) is 17.3 Å². The highest BCUT2D eigenvalue weighted by Gasteiger charge is 2.30. The summed E-state index contributed by atoms with van der Waals surface area (Å²) < 4.78 is 65.2. The van der Waals surface area contributed by atoms with Crippen LogP contribution in [0, 0.1) is 0 Å². The lowest BCUT2D eigenvalue weighted by Gasteiger charge is -2.10. The van der Waals surface area contributed by atoms with Gasteiger partial charge >= 0.3 is 12.1 Å². The first-order chi connectivity index (χ1) is 11.7. The van der Waals surface area contributed by atoms with Gasteiger partial charge in [0.15, 0.2) is 0 Å². The molecule has 0 aliphatic rings. The lowest BCUT2D eigenvalue weighted by Crippen LogP contribution is -2.04. The molecule has 4 nitrogen and oxygen atoms in total. The van der Waals surface area contributed by atoms with E-state index >= 15 is 0 Å². The molecule has 0 aliphatic carbocycles. The predicted molar refractivity (Wildman–Crippen MR) is 77.5 cm³/mol. The van der Waals surface area contributed by atoms with Crippen molar-refractivity contribution in [3.63, 3.8) is 0 Å². The van der Waals surface area contributed by atoms with Crippen LogP contribution in [0.15, 0.2) is 42.6 Å². The number of carboxylic acids is 1. The number of alkyl halides is 5. The van der Waals surface area contributed by atoms with Gasteiger partial charge in [-0.25, -0.2) is 18.1 Å². The summed E-state index contributed by atoms with van der Waals surface area (Å²) in [7, 11) is 0. The topological polar surface area (TPSA) is 54.6 Å². The summed E-state index contributed by atoms with van der Waals surface area (Å²) in [6, 6.07) is 6.30. The van der Waals surface area contributed by atoms with Gasteiger partial charge in [0.2, 0.25) is 0 Å². The van der Waals surface area contributed by atoms with E-state index < -0.39 is 29.8 Å². The molecule has 3 rings (SSSR count). The normalized spacial score (nSPS) is 12.1. The first-order valence-corrected chi connectivity index (χ1v) is 6.89. The Morgan fingerprint density at radius 3 is 2.24 bits per heavy atom. The van der Waals surface area contributed by atoms with E-state index in [2.05, 4.69) is 5.10 Å². The van der Waals surface area contributed by atoms with E-state index in [0.29, 0.717) is 0 Å². The van der Waals surface area contributed by atoms with E-state index in [-0.39, 0.29) is 22.2 Å². The van der Waals surface area contributed by atoms with Crippen LogP contribution >= 0.6 is 0 Å². The maximum atomic E-state index is 13.3. The number of hydrogen-bond donors (Lipinski definition) is 1. The number of carboxylic acid groups (broad SMARTS) is 1. The van der Waals surface area contributed by atoms with Crippen LogP contribution in [0.4, 0.5) is 22.0 Å². The van der Waals surface area contributed by atoms with Crippen molar-refractivity contribution in [2.24, 2.45) is 0 Å². The number of nitrogens with zero attached hydrogens (tertiary/aromatic N) is 2. The van der Waals surface area contributed by atoms with Gasteiger partial charge in [0.25, 0.3) is 6.43 Å². The van der Waals surface area contributed by atoms with E-state index in [1.165, 1.54) is 6.07 Å². The van der Waals surface area contributed by atoms with Gasteiger partial charge in [0, 0.05) is 0 Å². The zero-order chi connectivity index (χ0) is 18.4. The molecule has 0 fully saturated rings. The summed E-state index contributed by atoms with van der Waals surface area (Å²) in [4.78, 5) is 11.2. The van der Waals surface area contributed by atoms with E-state index in [9.17, 15) is 26.7 Å². The van der Waals surface area contributed by atoms with Crippen molar-refractivity contribution in [2.45, 2.75) is 12.6 Å². The van der Waals surface area contributed by atoms with Gasteiger partial charge < -0.3 is 5.11 Å². The Kier molecular flexibility index (Phi) is 3.94. The van der Waals surface area contributed by atoms with Gasteiger partial charge in [-0.2, -0.15) is 18.3 Å². The molecule has 9 heteroatoms. The highest BCUT2D eigenvalue weighted by Crippen LogP contribution is 2.33. The zero-order valence-corrected chi connectivity index (χ0v) is 12.3. The molecule has 2 heterocycles. The number of benzene rings is 1. The Labute approximate surface area is 137 Å². The Balaban J connectivity index is 2.19. The van der Waals surface area contributed by atoms with E-state index in [1.807, 2.05) is 0 Å². The van der Waals surface area contributed by atoms with Crippen molar-refractivity contribution in [3.05, 3.63) is 59.4 Å². The maximum absolute atomic E-state index is 13.3. The van der Waals surface area contributed by atoms with Crippen LogP contribution in [0.2, 0.25) is 0 Å². The molecule has 0 unspecified atom stereocenters. The molecule has 0 saturated carbocycles. The summed E-state index contributed by atoms with van der Waals surface area (Å²) in [5, 5.41) is 12.8. The minimum absolute atomic E-state index is 0.0693. The van der Waals surface area contributed by atoms with Crippen LogP contribution in [0.3, 0.4) is 0 Å². The van der Waals surface area contributed by atoms with E-state index in [1.54, 1.807) is 0 Å². The van der Waals surface area contributed by atoms with Crippen LogP contribution in [0.5, 0.6) is 0 Å². The fraction of sp³-hybridized carbons (Fsp3) is 0.125. The highest BCUT2D eigenvalue weighted by molar-refractivity contribution is 5.96. The summed E-state index contributed by atoms with van der Waals surface area (Å²) in [5.74, 6) is -1.35. The average molecular weight is 356 g/mol. The molecule has 2 aromatic heterocycles. The Bertz CT molecular complexity index is 946. The van der Waals surface area contributed by atoms with Crippen LogP contribution in [0.1, 0.15) is 28.0 Å². The summed E-state index contributed by atoms with van der Waals surface area (Å²) in [6.07, 6.45) is -6.52. The third kappa shape index (κ3) is 3.04. The van der Waals surface area contributed by atoms with Crippen molar-refractivity contribution >= 4 is 11.5 Å². The lowest BCUT2D eigenvalue weighted by molar-refractivity contribution is -0.137. The number of carbonyl (C=O) groups is 1. The molecular formula is C16H9F5N2O2. The Morgan fingerprint density at radius 2 is 1.72 bits per heavy atom. The van der Waals surface area contributed by atoms with E-state index in [0.717, 1.165) is 41.0 Å². The quantitative estimate of drug-likeness (QED) is 0.695. The summed E-state index contributed by atoms with van der Waals surface area (Å²) in [5.41, 5.74) is -1.37. The van der Waals surface area contributed by atoms with Crippen molar-refractivity contribution in [1.82, 2.24) is 9.61 Å². The van der Waals surface area contributed by atoms with Crippen LogP contribution in [-0.4, -0.2) is 20.7 Å². The number of hydrogen-bond acceptors (Lipinski definition) is 2. The summed E-state index contributed by atoms with van der Waals surface area (Å²) in [6.45, 7) is 0. The molecule has 0 radical (unpaired) electrons. The second-order valence-electron chi connectivity index (χ2n) is 5.21. The number of aromatic carboxylic acids is 1. The predicted octanol–water partition coefficient (Wildman–Crippen LogP) is 4.66. The molecule has 0 aliphatic heterocycles. The number of fused-ring (bicyclic) bond motifs is 1. The third-order valence-corrected chi connectivity index (χ3v) is 3.65. The zero-order valence-electron chi connectivity index (χ0n) is 12.3. The first kappa shape index (κ1) is 16.9. The molecule has 3 aromatic rings. The van der Waals surface area contributed by atoms with Crippen molar-refractivity contribution in [1.29, 1.82) is 0 Å². The number of aromatic nitrogens is 2. The van der Waals surface area contributed by atoms with Crippen LogP contribution in [0.25, 0.3) is 16.6 Å². The third-order valence-electron chi connectivity index (χ3n) is 3.65. The first-order valence-electron chi connectivity index (χ1n) is 6.89. The fourth-order valence-electron chi connectivity index (χ4n) is 2.45. The molecule has 1 N–H and O–H groups in total. The van der Waals surface area contributed by atoms with Gasteiger partial charge in [0.1, 0.15) is 11.3 Å². The monoisotopic (exact) mass is 356 g/mol. The van der Waals surface area contributed by atoms with Gasteiger partial charge in [-0.15, -0.1) is 0 Å². The minimum Gasteiger partial charge on any atom is -0.478 e. The van der Waals surface area contributed by atoms with Crippen molar-refractivity contribution < 1.29 is 31.9 Å². The number of rotatable bonds is 3. The molecule has 0 amide bonds. The van der Waals surface area contributed by atoms with Crippen LogP contribution < -0.4 is 0 Å². The largest absolute Gasteiger partial charge is 0.478 e. The second-order valence-corrected chi connectivity index (χ2v) is 5.21. The Morgan fingerprint density at radius 1 is 1.08 bits per heavy atom. The molecular weight excluding hydrogens is 347 g/mol. The number of halogens is 5. The minimum atomic E-state index is -4.52. The molecule has 0 atom stereocenters. The second kappa shape index (κ2) is 5.83. The van der Waals surface area contributed by atoms with Gasteiger partial charge in [-0.05, 0) is 35.4 Å². The summed E-state index contributed by atoms with van der Waals surface area (Å²) >= 11 is 0. The van der Waals surface area contributed by atoms with Gasteiger partial charge in [-0.1, -0.05) is 12.1 Å². The molecule has 0 spiro atoms. The molecule has 0 saturated heterocycles. The SMILES string of the molecule is O=C(O)c1cnn2c(C(F)F)cc(-c3ccc(C(F)(F)F)cc3)cc12. The van der Waals surface area contributed by atoms with E-state index in [4.69, 9.17) is 5.11 Å². The molecule has 130 valence electrons.